The lowest BCUT2D eigenvalue weighted by Crippen LogP contribution is -2.31. The van der Waals surface area contributed by atoms with Gasteiger partial charge >= 0.3 is 0 Å². The number of carbonyl (C=O) groups excluding carboxylic acids is 1. The van der Waals surface area contributed by atoms with Gasteiger partial charge in [-0.3, -0.25) is 4.79 Å². The fraction of sp³-hybridized carbons (Fsp3) is 0.421. The number of hydrogen-bond acceptors (Lipinski definition) is 4. The van der Waals surface area contributed by atoms with E-state index in [-0.39, 0.29) is 18.3 Å². The number of nitrogens with zero attached hydrogens (tertiary/aromatic N) is 1. The van der Waals surface area contributed by atoms with E-state index in [2.05, 4.69) is 0 Å². The van der Waals surface area contributed by atoms with Crippen LogP contribution in [0.3, 0.4) is 0 Å². The van der Waals surface area contributed by atoms with Gasteiger partial charge in [0.05, 0.1) is 12.7 Å². The molecule has 0 aliphatic carbocycles. The minimum Gasteiger partial charge on any atom is -0.394 e. The first-order chi connectivity index (χ1) is 11.0. The van der Waals surface area contributed by atoms with Crippen molar-refractivity contribution >= 4 is 22.2 Å². The van der Waals surface area contributed by atoms with Crippen LogP contribution in [0.2, 0.25) is 0 Å². The number of likely N-dealkylation sites (N-methyl/N-ethyl adjacent to an activating group) is 1. The first-order valence-corrected chi connectivity index (χ1v) is 8.04. The van der Waals surface area contributed by atoms with Gasteiger partial charge in [-0.2, -0.15) is 0 Å². The number of rotatable bonds is 7. The summed E-state index contributed by atoms with van der Waals surface area (Å²) in [4.78, 5) is 14.2. The Kier molecular flexibility index (Phi) is 5.74. The topological polar surface area (TPSA) is 60.8 Å². The van der Waals surface area contributed by atoms with Crippen LogP contribution < -0.4 is 4.90 Å². The van der Waals surface area contributed by atoms with Gasteiger partial charge in [0, 0.05) is 30.8 Å². The fourth-order valence-electron chi connectivity index (χ4n) is 2.57. The van der Waals surface area contributed by atoms with E-state index in [9.17, 15) is 9.90 Å². The fourth-order valence-corrected chi connectivity index (χ4v) is 2.57. The molecule has 0 aliphatic rings. The van der Waals surface area contributed by atoms with Gasteiger partial charge in [0.1, 0.15) is 0 Å². The van der Waals surface area contributed by atoms with Gasteiger partial charge in [-0.1, -0.05) is 32.0 Å². The zero-order valence-corrected chi connectivity index (χ0v) is 14.0. The second-order valence-corrected chi connectivity index (χ2v) is 6.14. The summed E-state index contributed by atoms with van der Waals surface area (Å²) >= 11 is 0. The molecule has 0 aromatic heterocycles. The maximum Gasteiger partial charge on any atom is 0.165 e. The Morgan fingerprint density at radius 3 is 2.48 bits per heavy atom. The van der Waals surface area contributed by atoms with Crippen molar-refractivity contribution in [3.63, 3.8) is 0 Å². The molecular weight excluding hydrogens is 290 g/mol. The van der Waals surface area contributed by atoms with E-state index >= 15 is 0 Å². The molecule has 2 aromatic carbocycles. The molecule has 124 valence electrons. The molecule has 0 fully saturated rings. The van der Waals surface area contributed by atoms with Crippen LogP contribution in [-0.2, 0) is 0 Å². The van der Waals surface area contributed by atoms with Crippen LogP contribution in [-0.4, -0.2) is 42.3 Å². The third kappa shape index (κ3) is 4.09. The average molecular weight is 315 g/mol. The van der Waals surface area contributed by atoms with Crippen molar-refractivity contribution < 1.29 is 15.0 Å². The molecule has 0 bridgehead atoms. The minimum absolute atomic E-state index is 0.0397. The normalized spacial score (nSPS) is 13.8. The number of ketones is 1. The summed E-state index contributed by atoms with van der Waals surface area (Å²) in [6, 6.07) is 11.8. The smallest absolute Gasteiger partial charge is 0.165 e. The number of anilines is 1. The molecule has 0 saturated carbocycles. The number of Topliss-reactive ketones (excluding diaryl/α,β-unsaturated/α-hetero) is 1. The van der Waals surface area contributed by atoms with Crippen molar-refractivity contribution in [2.75, 3.05) is 25.1 Å². The molecule has 0 amide bonds. The lowest BCUT2D eigenvalue weighted by molar-refractivity contribution is 0.0927. The van der Waals surface area contributed by atoms with Crippen LogP contribution in [0.5, 0.6) is 0 Å². The number of hydrogen-bond donors (Lipinski definition) is 2. The predicted octanol–water partition coefficient (Wildman–Crippen LogP) is 2.86. The van der Waals surface area contributed by atoms with Crippen molar-refractivity contribution in [3.05, 3.63) is 42.0 Å². The molecule has 0 spiro atoms. The molecule has 2 aromatic rings. The van der Waals surface area contributed by atoms with Crippen molar-refractivity contribution in [1.82, 2.24) is 0 Å². The van der Waals surface area contributed by atoms with Gasteiger partial charge in [-0.05, 0) is 35.4 Å². The third-order valence-electron chi connectivity index (χ3n) is 4.30. The molecule has 2 rings (SSSR count). The summed E-state index contributed by atoms with van der Waals surface area (Å²) in [6.45, 7) is 4.09. The largest absolute Gasteiger partial charge is 0.394 e. The highest BCUT2D eigenvalue weighted by Crippen LogP contribution is 2.24. The van der Waals surface area contributed by atoms with Gasteiger partial charge in [-0.15, -0.1) is 0 Å². The Morgan fingerprint density at radius 2 is 1.83 bits per heavy atom. The SMILES string of the molecule is CCC(C)C(=O)c1ccc2cc(N(C)CC(O)CO)ccc2c1. The molecule has 23 heavy (non-hydrogen) atoms. The Hall–Kier alpha value is -1.91. The molecule has 0 radical (unpaired) electrons. The van der Waals surface area contributed by atoms with Gasteiger partial charge in [0.25, 0.3) is 0 Å². The van der Waals surface area contributed by atoms with Gasteiger partial charge in [-0.25, -0.2) is 0 Å². The Bertz CT molecular complexity index is 683. The van der Waals surface area contributed by atoms with Crippen LogP contribution in [0.4, 0.5) is 5.69 Å². The number of aliphatic hydroxyl groups excluding tert-OH is 2. The summed E-state index contributed by atoms with van der Waals surface area (Å²) in [5.41, 5.74) is 1.72. The van der Waals surface area contributed by atoms with E-state index in [1.54, 1.807) is 0 Å². The second-order valence-electron chi connectivity index (χ2n) is 6.14. The third-order valence-corrected chi connectivity index (χ3v) is 4.30. The molecule has 0 heterocycles. The van der Waals surface area contributed by atoms with Crippen LogP contribution in [0.25, 0.3) is 10.8 Å². The molecule has 4 heteroatoms. The van der Waals surface area contributed by atoms with E-state index in [1.807, 2.05) is 62.2 Å². The lowest BCUT2D eigenvalue weighted by Gasteiger charge is -2.22. The van der Waals surface area contributed by atoms with Crippen molar-refractivity contribution in [2.24, 2.45) is 5.92 Å². The molecule has 2 atom stereocenters. The molecule has 2 unspecified atom stereocenters. The molecule has 2 N–H and O–H groups in total. The zero-order valence-electron chi connectivity index (χ0n) is 14.0. The van der Waals surface area contributed by atoms with Crippen molar-refractivity contribution in [3.8, 4) is 0 Å². The Morgan fingerprint density at radius 1 is 1.17 bits per heavy atom. The summed E-state index contributed by atoms with van der Waals surface area (Å²) in [7, 11) is 1.88. The summed E-state index contributed by atoms with van der Waals surface area (Å²) in [6.07, 6.45) is 0.0829. The van der Waals surface area contributed by atoms with E-state index in [0.717, 1.165) is 28.4 Å². The van der Waals surface area contributed by atoms with Crippen molar-refractivity contribution in [1.29, 1.82) is 0 Å². The number of carbonyl (C=O) groups is 1. The molecule has 4 nitrogen and oxygen atoms in total. The van der Waals surface area contributed by atoms with Crippen molar-refractivity contribution in [2.45, 2.75) is 26.4 Å². The van der Waals surface area contributed by atoms with Crippen LogP contribution >= 0.6 is 0 Å². The second kappa shape index (κ2) is 7.57. The summed E-state index contributed by atoms with van der Waals surface area (Å²) in [5.74, 6) is 0.222. The number of fused-ring (bicyclic) bond motifs is 1. The average Bonchev–Trinajstić information content (AvgIpc) is 2.59. The van der Waals surface area contributed by atoms with Gasteiger partial charge in [0.15, 0.2) is 5.78 Å². The lowest BCUT2D eigenvalue weighted by atomic mass is 9.95. The van der Waals surface area contributed by atoms with Gasteiger partial charge in [0.2, 0.25) is 0 Å². The maximum absolute atomic E-state index is 12.3. The van der Waals surface area contributed by atoms with E-state index in [4.69, 9.17) is 5.11 Å². The number of benzene rings is 2. The minimum atomic E-state index is -0.758. The Labute approximate surface area is 137 Å². The van der Waals surface area contributed by atoms with Gasteiger partial charge < -0.3 is 15.1 Å². The highest BCUT2D eigenvalue weighted by atomic mass is 16.3. The Balaban J connectivity index is 2.27. The quantitative estimate of drug-likeness (QED) is 0.771. The zero-order chi connectivity index (χ0) is 17.0. The molecular formula is C19H25NO3. The first kappa shape index (κ1) is 17.4. The van der Waals surface area contributed by atoms with Crippen LogP contribution in [0.1, 0.15) is 30.6 Å². The maximum atomic E-state index is 12.3. The summed E-state index contributed by atoms with van der Waals surface area (Å²) < 4.78 is 0. The van der Waals surface area contributed by atoms with Crippen LogP contribution in [0, 0.1) is 5.92 Å². The first-order valence-electron chi connectivity index (χ1n) is 8.04. The monoisotopic (exact) mass is 315 g/mol. The van der Waals surface area contributed by atoms with E-state index in [1.165, 1.54) is 0 Å². The standard InChI is InChI=1S/C19H25NO3/c1-4-13(2)19(23)16-6-5-15-10-17(8-7-14(15)9-16)20(3)11-18(22)12-21/h5-10,13,18,21-22H,4,11-12H2,1-3H3. The predicted molar refractivity (Wildman–Crippen MR) is 94.1 cm³/mol. The summed E-state index contributed by atoms with van der Waals surface area (Å²) in [5, 5.41) is 20.6. The van der Waals surface area contributed by atoms with E-state index < -0.39 is 6.10 Å². The highest BCUT2D eigenvalue weighted by molar-refractivity contribution is 6.01. The molecule has 0 saturated heterocycles. The van der Waals surface area contributed by atoms with E-state index in [0.29, 0.717) is 6.54 Å². The number of aliphatic hydroxyl groups is 2. The highest BCUT2D eigenvalue weighted by Gasteiger charge is 2.14. The van der Waals surface area contributed by atoms with Crippen LogP contribution in [0.15, 0.2) is 36.4 Å². The molecule has 0 aliphatic heterocycles.